The average molecular weight is 326 g/mol. The predicted molar refractivity (Wildman–Crippen MR) is 71.7 cm³/mol. The molecule has 90 valence electrons. The molecule has 1 unspecified atom stereocenters. The quantitative estimate of drug-likeness (QED) is 0.796. The van der Waals surface area contributed by atoms with Crippen LogP contribution < -0.4 is 0 Å². The monoisotopic (exact) mass is 324 g/mol. The van der Waals surface area contributed by atoms with Crippen molar-refractivity contribution in [2.75, 3.05) is 6.26 Å². The van der Waals surface area contributed by atoms with Crippen LogP contribution in [0.25, 0.3) is 0 Å². The van der Waals surface area contributed by atoms with Crippen LogP contribution >= 0.6 is 27.5 Å². The van der Waals surface area contributed by atoms with Crippen molar-refractivity contribution in [2.45, 2.75) is 24.0 Å². The molecule has 1 rings (SSSR count). The summed E-state index contributed by atoms with van der Waals surface area (Å²) in [4.78, 5) is 0. The first-order valence-corrected chi connectivity index (χ1v) is 7.87. The second-order valence-corrected chi connectivity index (χ2v) is 8.24. The Morgan fingerprint density at radius 2 is 1.69 bits per heavy atom. The Morgan fingerprint density at radius 3 is 2.06 bits per heavy atom. The van der Waals surface area contributed by atoms with Gasteiger partial charge in [0, 0.05) is 10.7 Å². The van der Waals surface area contributed by atoms with Crippen LogP contribution in [0.1, 0.15) is 24.8 Å². The van der Waals surface area contributed by atoms with Crippen molar-refractivity contribution in [3.05, 3.63) is 34.3 Å². The normalized spacial score (nSPS) is 14.8. The van der Waals surface area contributed by atoms with Gasteiger partial charge < -0.3 is 0 Å². The van der Waals surface area contributed by atoms with E-state index in [0.717, 1.165) is 10.0 Å². The van der Waals surface area contributed by atoms with Gasteiger partial charge in [-0.25, -0.2) is 8.42 Å². The molecule has 0 heterocycles. The first-order chi connectivity index (χ1) is 7.16. The van der Waals surface area contributed by atoms with E-state index in [1.54, 1.807) is 13.8 Å². The smallest absolute Gasteiger partial charge is 0.154 e. The average Bonchev–Trinajstić information content (AvgIpc) is 2.16. The Morgan fingerprint density at radius 1 is 1.25 bits per heavy atom. The van der Waals surface area contributed by atoms with Crippen molar-refractivity contribution in [1.29, 1.82) is 0 Å². The molecule has 16 heavy (non-hydrogen) atoms. The standard InChI is InChI=1S/C11H14BrClO2S/c1-11(2,16(3,14)15)10(13)8-4-6-9(12)7-5-8/h4-7,10H,1-3H3. The van der Waals surface area contributed by atoms with Gasteiger partial charge in [-0.15, -0.1) is 11.6 Å². The summed E-state index contributed by atoms with van der Waals surface area (Å²) < 4.78 is 23.2. The lowest BCUT2D eigenvalue weighted by Crippen LogP contribution is -2.35. The lowest BCUT2D eigenvalue weighted by atomic mass is 10.0. The molecular formula is C11H14BrClO2S. The highest BCUT2D eigenvalue weighted by Gasteiger charge is 2.38. The van der Waals surface area contributed by atoms with Crippen molar-refractivity contribution < 1.29 is 8.42 Å². The number of alkyl halides is 1. The lowest BCUT2D eigenvalue weighted by molar-refractivity contribution is 0.544. The van der Waals surface area contributed by atoms with Gasteiger partial charge in [0.1, 0.15) is 0 Å². The van der Waals surface area contributed by atoms with E-state index in [2.05, 4.69) is 15.9 Å². The molecular weight excluding hydrogens is 312 g/mol. The second kappa shape index (κ2) is 4.67. The second-order valence-electron chi connectivity index (χ2n) is 4.29. The Labute approximate surface area is 110 Å². The highest BCUT2D eigenvalue weighted by molar-refractivity contribution is 9.10. The molecule has 0 aliphatic rings. The summed E-state index contributed by atoms with van der Waals surface area (Å²) in [6.07, 6.45) is 1.21. The molecule has 0 aromatic heterocycles. The van der Waals surface area contributed by atoms with Crippen molar-refractivity contribution in [3.8, 4) is 0 Å². The molecule has 0 spiro atoms. The molecule has 1 aromatic rings. The summed E-state index contributed by atoms with van der Waals surface area (Å²) in [5.41, 5.74) is 0.806. The van der Waals surface area contributed by atoms with Crippen LogP contribution in [0.5, 0.6) is 0 Å². The molecule has 1 aromatic carbocycles. The summed E-state index contributed by atoms with van der Waals surface area (Å²) >= 11 is 9.56. The minimum Gasteiger partial charge on any atom is -0.229 e. The largest absolute Gasteiger partial charge is 0.229 e. The third kappa shape index (κ3) is 2.79. The number of halogens is 2. The van der Waals surface area contributed by atoms with Crippen LogP contribution in [-0.4, -0.2) is 19.4 Å². The van der Waals surface area contributed by atoms with E-state index >= 15 is 0 Å². The molecule has 0 aliphatic heterocycles. The van der Waals surface area contributed by atoms with E-state index in [9.17, 15) is 8.42 Å². The Hall–Kier alpha value is -0.0600. The minimum atomic E-state index is -3.20. The Kier molecular flexibility index (Phi) is 4.08. The van der Waals surface area contributed by atoms with Crippen molar-refractivity contribution in [1.82, 2.24) is 0 Å². The van der Waals surface area contributed by atoms with Gasteiger partial charge in [0.15, 0.2) is 9.84 Å². The highest BCUT2D eigenvalue weighted by atomic mass is 79.9. The summed E-state index contributed by atoms with van der Waals surface area (Å²) in [7, 11) is -3.20. The topological polar surface area (TPSA) is 34.1 Å². The van der Waals surface area contributed by atoms with E-state index in [0.29, 0.717) is 0 Å². The van der Waals surface area contributed by atoms with Crippen LogP contribution in [-0.2, 0) is 9.84 Å². The molecule has 0 amide bonds. The van der Waals surface area contributed by atoms with Crippen molar-refractivity contribution in [2.24, 2.45) is 0 Å². The van der Waals surface area contributed by atoms with Crippen LogP contribution in [0.2, 0.25) is 0 Å². The summed E-state index contributed by atoms with van der Waals surface area (Å²) in [6, 6.07) is 7.36. The van der Waals surface area contributed by atoms with Crippen molar-refractivity contribution >= 4 is 37.4 Å². The first-order valence-electron chi connectivity index (χ1n) is 4.75. The molecule has 1 atom stereocenters. The van der Waals surface area contributed by atoms with Gasteiger partial charge in [0.05, 0.1) is 10.1 Å². The Bertz CT molecular complexity index is 465. The Balaban J connectivity index is 3.12. The summed E-state index contributed by atoms with van der Waals surface area (Å²) in [6.45, 7) is 3.28. The number of sulfone groups is 1. The first kappa shape index (κ1) is 14.0. The maximum absolute atomic E-state index is 11.6. The molecule has 0 saturated carbocycles. The number of hydrogen-bond donors (Lipinski definition) is 0. The van der Waals surface area contributed by atoms with Gasteiger partial charge in [-0.2, -0.15) is 0 Å². The van der Waals surface area contributed by atoms with Gasteiger partial charge in [-0.1, -0.05) is 28.1 Å². The third-order valence-corrected chi connectivity index (χ3v) is 6.33. The van der Waals surface area contributed by atoms with Gasteiger partial charge >= 0.3 is 0 Å². The fraction of sp³-hybridized carbons (Fsp3) is 0.455. The predicted octanol–water partition coefficient (Wildman–Crippen LogP) is 3.55. The van der Waals surface area contributed by atoms with Crippen LogP contribution in [0.4, 0.5) is 0 Å². The van der Waals surface area contributed by atoms with Gasteiger partial charge in [-0.3, -0.25) is 0 Å². The third-order valence-electron chi connectivity index (χ3n) is 2.73. The van der Waals surface area contributed by atoms with E-state index in [1.165, 1.54) is 6.26 Å². The van der Waals surface area contributed by atoms with Gasteiger partial charge in [0.2, 0.25) is 0 Å². The lowest BCUT2D eigenvalue weighted by Gasteiger charge is -2.28. The van der Waals surface area contributed by atoms with Crippen LogP contribution in [0.3, 0.4) is 0 Å². The minimum absolute atomic E-state index is 0.560. The fourth-order valence-electron chi connectivity index (χ4n) is 1.22. The molecule has 0 bridgehead atoms. The van der Waals surface area contributed by atoms with Gasteiger partial charge in [-0.05, 0) is 31.5 Å². The van der Waals surface area contributed by atoms with E-state index in [-0.39, 0.29) is 0 Å². The number of rotatable bonds is 3. The molecule has 0 saturated heterocycles. The van der Waals surface area contributed by atoms with Crippen LogP contribution in [0, 0.1) is 0 Å². The summed E-state index contributed by atoms with van der Waals surface area (Å²) in [5, 5.41) is -0.560. The van der Waals surface area contributed by atoms with E-state index in [1.807, 2.05) is 24.3 Å². The van der Waals surface area contributed by atoms with E-state index in [4.69, 9.17) is 11.6 Å². The number of benzene rings is 1. The summed E-state index contributed by atoms with van der Waals surface area (Å²) in [5.74, 6) is 0. The SMILES string of the molecule is CC(C)(C(Cl)c1ccc(Br)cc1)S(C)(=O)=O. The maximum atomic E-state index is 11.6. The molecule has 0 N–H and O–H groups in total. The zero-order valence-electron chi connectivity index (χ0n) is 9.37. The molecule has 0 radical (unpaired) electrons. The van der Waals surface area contributed by atoms with E-state index < -0.39 is 20.0 Å². The fourth-order valence-corrected chi connectivity index (χ4v) is 2.63. The zero-order valence-corrected chi connectivity index (χ0v) is 12.5. The number of hydrogen-bond acceptors (Lipinski definition) is 2. The molecule has 2 nitrogen and oxygen atoms in total. The molecule has 5 heteroatoms. The van der Waals surface area contributed by atoms with Crippen LogP contribution in [0.15, 0.2) is 28.7 Å². The van der Waals surface area contributed by atoms with Gasteiger partial charge in [0.25, 0.3) is 0 Å². The van der Waals surface area contributed by atoms with Crippen molar-refractivity contribution in [3.63, 3.8) is 0 Å². The maximum Gasteiger partial charge on any atom is 0.154 e. The highest BCUT2D eigenvalue weighted by Crippen LogP contribution is 2.37. The molecule has 0 aliphatic carbocycles. The molecule has 0 fully saturated rings. The zero-order chi connectivity index (χ0) is 12.6.